The SMILES string of the molecule is O=C(O)C1=C\C=C/C=C\C=C/C=C\C=C/C=C\C=C2/CCC3=C2C(=C1)NC=C3. The van der Waals surface area contributed by atoms with E-state index in [1.54, 1.807) is 18.2 Å². The quantitative estimate of drug-likeness (QED) is 0.654. The van der Waals surface area contributed by atoms with E-state index in [-0.39, 0.29) is 5.57 Å². The molecule has 140 valence electrons. The molecular formula is C25H23NO2. The van der Waals surface area contributed by atoms with Gasteiger partial charge in [-0.3, -0.25) is 0 Å². The summed E-state index contributed by atoms with van der Waals surface area (Å²) in [5.41, 5.74) is 4.61. The Morgan fingerprint density at radius 3 is 1.96 bits per heavy atom. The Kier molecular flexibility index (Phi) is 6.80. The first-order chi connectivity index (χ1) is 13.8. The fourth-order valence-corrected chi connectivity index (χ4v) is 3.13. The van der Waals surface area contributed by atoms with Crippen LogP contribution in [0.15, 0.2) is 131 Å². The zero-order valence-corrected chi connectivity index (χ0v) is 15.6. The van der Waals surface area contributed by atoms with Gasteiger partial charge in [0, 0.05) is 17.5 Å². The summed E-state index contributed by atoms with van der Waals surface area (Å²) in [6, 6.07) is 0. The monoisotopic (exact) mass is 369 g/mol. The third-order valence-corrected chi connectivity index (χ3v) is 4.44. The number of rotatable bonds is 1. The standard InChI is InChI=1S/C25H23NO2/c27-25(28)22-14-12-10-8-6-4-2-1-3-5-7-9-11-13-20-15-16-21-17-18-26-23(19-22)24(20)21/h1-14,17-19,26H,15-16H2,(H,27,28)/b3-1-,4-2-,7-5-,8-6-,11-9-,12-10-,20-13+,22-14?,23-19?. The lowest BCUT2D eigenvalue weighted by Gasteiger charge is -2.16. The second kappa shape index (κ2) is 9.93. The molecule has 2 N–H and O–H groups in total. The second-order valence-electron chi connectivity index (χ2n) is 6.36. The summed E-state index contributed by atoms with van der Waals surface area (Å²) in [5, 5.41) is 12.8. The van der Waals surface area contributed by atoms with Crippen LogP contribution in [0, 0.1) is 0 Å². The van der Waals surface area contributed by atoms with Crippen LogP contribution in [0.1, 0.15) is 12.8 Å². The van der Waals surface area contributed by atoms with Crippen LogP contribution >= 0.6 is 0 Å². The normalized spacial score (nSPS) is 27.9. The maximum absolute atomic E-state index is 11.7. The third-order valence-electron chi connectivity index (χ3n) is 4.44. The van der Waals surface area contributed by atoms with Gasteiger partial charge >= 0.3 is 5.97 Å². The lowest BCUT2D eigenvalue weighted by atomic mass is 9.99. The van der Waals surface area contributed by atoms with Gasteiger partial charge in [0.15, 0.2) is 0 Å². The molecule has 0 amide bonds. The van der Waals surface area contributed by atoms with E-state index in [1.807, 2.05) is 73.0 Å². The van der Waals surface area contributed by atoms with Crippen molar-refractivity contribution in [2.24, 2.45) is 0 Å². The van der Waals surface area contributed by atoms with Gasteiger partial charge in [-0.05, 0) is 42.2 Å². The second-order valence-corrected chi connectivity index (χ2v) is 6.36. The predicted octanol–water partition coefficient (Wildman–Crippen LogP) is 5.37. The minimum atomic E-state index is -0.955. The molecule has 0 spiro atoms. The first kappa shape index (κ1) is 19.2. The highest BCUT2D eigenvalue weighted by Crippen LogP contribution is 2.38. The van der Waals surface area contributed by atoms with E-state index in [2.05, 4.69) is 17.5 Å². The smallest absolute Gasteiger partial charge is 0.335 e. The van der Waals surface area contributed by atoms with Crippen LogP contribution in [-0.2, 0) is 4.79 Å². The summed E-state index contributed by atoms with van der Waals surface area (Å²) in [6.07, 6.45) is 34.3. The van der Waals surface area contributed by atoms with Crippen molar-refractivity contribution in [2.75, 3.05) is 0 Å². The zero-order valence-electron chi connectivity index (χ0n) is 15.6. The first-order valence-electron chi connectivity index (χ1n) is 9.28. The van der Waals surface area contributed by atoms with Crippen molar-refractivity contribution >= 4 is 5.97 Å². The number of carboxylic acids is 1. The van der Waals surface area contributed by atoms with Gasteiger partial charge in [0.05, 0.1) is 5.57 Å². The Balaban J connectivity index is 2.02. The van der Waals surface area contributed by atoms with E-state index in [0.29, 0.717) is 0 Å². The summed E-state index contributed by atoms with van der Waals surface area (Å²) < 4.78 is 0. The lowest BCUT2D eigenvalue weighted by molar-refractivity contribution is -0.132. The van der Waals surface area contributed by atoms with Gasteiger partial charge in [0.25, 0.3) is 0 Å². The number of hydrogen-bond donors (Lipinski definition) is 2. The average molecular weight is 369 g/mol. The van der Waals surface area contributed by atoms with Crippen LogP contribution in [-0.4, -0.2) is 11.1 Å². The highest BCUT2D eigenvalue weighted by atomic mass is 16.4. The fraction of sp³-hybridized carbons (Fsp3) is 0.0800. The molecule has 1 aliphatic heterocycles. The first-order valence-corrected chi connectivity index (χ1v) is 9.28. The number of carboxylic acid groups (broad SMARTS) is 1. The van der Waals surface area contributed by atoms with Crippen molar-refractivity contribution in [1.29, 1.82) is 0 Å². The molecule has 3 heteroatoms. The molecule has 0 aromatic rings. The van der Waals surface area contributed by atoms with E-state index in [4.69, 9.17) is 0 Å². The molecule has 3 nitrogen and oxygen atoms in total. The maximum Gasteiger partial charge on any atom is 0.335 e. The van der Waals surface area contributed by atoms with E-state index >= 15 is 0 Å². The van der Waals surface area contributed by atoms with Gasteiger partial charge in [0.1, 0.15) is 0 Å². The zero-order chi connectivity index (χ0) is 19.6. The van der Waals surface area contributed by atoms with Crippen LogP contribution in [0.3, 0.4) is 0 Å². The maximum atomic E-state index is 11.7. The molecule has 28 heavy (non-hydrogen) atoms. The van der Waals surface area contributed by atoms with Crippen molar-refractivity contribution in [3.63, 3.8) is 0 Å². The highest BCUT2D eigenvalue weighted by Gasteiger charge is 2.23. The Morgan fingerprint density at radius 1 is 0.786 bits per heavy atom. The van der Waals surface area contributed by atoms with Gasteiger partial charge in [0.2, 0.25) is 0 Å². The molecule has 1 heterocycles. The molecule has 0 saturated carbocycles. The molecular weight excluding hydrogens is 346 g/mol. The van der Waals surface area contributed by atoms with E-state index in [9.17, 15) is 9.90 Å². The Hall–Kier alpha value is -3.59. The Morgan fingerprint density at radius 2 is 1.36 bits per heavy atom. The topological polar surface area (TPSA) is 49.3 Å². The van der Waals surface area contributed by atoms with Crippen molar-refractivity contribution in [2.45, 2.75) is 12.8 Å². The minimum Gasteiger partial charge on any atom is -0.478 e. The van der Waals surface area contributed by atoms with Gasteiger partial charge < -0.3 is 10.4 Å². The number of aliphatic carboxylic acids is 1. The van der Waals surface area contributed by atoms with Crippen LogP contribution in [0.5, 0.6) is 0 Å². The van der Waals surface area contributed by atoms with Gasteiger partial charge in [-0.2, -0.15) is 0 Å². The summed E-state index contributed by atoms with van der Waals surface area (Å²) in [5.74, 6) is -0.955. The molecule has 0 aromatic carbocycles. The van der Waals surface area contributed by atoms with E-state index in [0.717, 1.165) is 24.1 Å². The van der Waals surface area contributed by atoms with E-state index < -0.39 is 5.97 Å². The number of allylic oxidation sites excluding steroid dienone is 17. The summed E-state index contributed by atoms with van der Waals surface area (Å²) >= 11 is 0. The number of dihydropyridines is 1. The van der Waals surface area contributed by atoms with Crippen LogP contribution in [0.4, 0.5) is 0 Å². The van der Waals surface area contributed by atoms with Crippen LogP contribution in [0.25, 0.3) is 0 Å². The Labute approximate surface area is 165 Å². The number of hydrogen-bond acceptors (Lipinski definition) is 2. The van der Waals surface area contributed by atoms with Crippen molar-refractivity contribution < 1.29 is 9.90 Å². The molecule has 0 fully saturated rings. The number of carbonyl (C=O) groups is 1. The molecule has 0 radical (unpaired) electrons. The molecule has 3 rings (SSSR count). The molecule has 0 bridgehead atoms. The predicted molar refractivity (Wildman–Crippen MR) is 115 cm³/mol. The molecule has 0 aromatic heterocycles. The minimum absolute atomic E-state index is 0.232. The Bertz CT molecular complexity index is 955. The third kappa shape index (κ3) is 5.21. The fourth-order valence-electron chi connectivity index (χ4n) is 3.13. The lowest BCUT2D eigenvalue weighted by Crippen LogP contribution is -2.13. The molecule has 0 atom stereocenters. The van der Waals surface area contributed by atoms with Gasteiger partial charge in [-0.25, -0.2) is 4.79 Å². The molecule has 3 aliphatic rings. The highest BCUT2D eigenvalue weighted by molar-refractivity contribution is 5.90. The van der Waals surface area contributed by atoms with Crippen LogP contribution in [0.2, 0.25) is 0 Å². The van der Waals surface area contributed by atoms with Crippen molar-refractivity contribution in [3.8, 4) is 0 Å². The summed E-state index contributed by atoms with van der Waals surface area (Å²) in [4.78, 5) is 11.7. The molecule has 0 unspecified atom stereocenters. The van der Waals surface area contributed by atoms with Crippen molar-refractivity contribution in [1.82, 2.24) is 5.32 Å². The molecule has 0 saturated heterocycles. The summed E-state index contributed by atoms with van der Waals surface area (Å²) in [7, 11) is 0. The molecule has 2 aliphatic carbocycles. The average Bonchev–Trinajstić information content (AvgIpc) is 3.10. The number of nitrogens with one attached hydrogen (secondary N) is 1. The van der Waals surface area contributed by atoms with Crippen LogP contribution < -0.4 is 5.32 Å². The van der Waals surface area contributed by atoms with Gasteiger partial charge in [-0.15, -0.1) is 0 Å². The summed E-state index contributed by atoms with van der Waals surface area (Å²) in [6.45, 7) is 0. The largest absolute Gasteiger partial charge is 0.478 e. The van der Waals surface area contributed by atoms with Crippen molar-refractivity contribution in [3.05, 3.63) is 131 Å². The van der Waals surface area contributed by atoms with Gasteiger partial charge in [-0.1, -0.05) is 79.0 Å². The van der Waals surface area contributed by atoms with E-state index in [1.165, 1.54) is 11.1 Å².